The number of piperidine rings is 1. The fourth-order valence-corrected chi connectivity index (χ4v) is 2.92. The van der Waals surface area contributed by atoms with Crippen molar-refractivity contribution >= 4 is 22.5 Å². The number of carbonyl (C=O) groups excluding carboxylic acids is 1. The molecule has 0 unspecified atom stereocenters. The molecule has 1 amide bonds. The van der Waals surface area contributed by atoms with Crippen LogP contribution >= 0.6 is 0 Å². The number of fused-ring (bicyclic) bond motifs is 1. The molecule has 2 aromatic rings. The number of benzene rings is 1. The Kier molecular flexibility index (Phi) is 3.73. The molecule has 0 saturated carbocycles. The normalized spacial score (nSPS) is 18.8. The molecule has 1 N–H and O–H groups in total. The number of hydrogen-bond acceptors (Lipinski definition) is 4. The Morgan fingerprint density at radius 2 is 2.05 bits per heavy atom. The lowest BCUT2D eigenvalue weighted by Gasteiger charge is -2.32. The summed E-state index contributed by atoms with van der Waals surface area (Å²) < 4.78 is 0. The molecule has 1 saturated heterocycles. The molecule has 5 nitrogen and oxygen atoms in total. The van der Waals surface area contributed by atoms with E-state index in [9.17, 15) is 4.79 Å². The first-order valence-corrected chi connectivity index (χ1v) is 7.39. The van der Waals surface area contributed by atoms with E-state index in [2.05, 4.69) is 27.6 Å². The van der Waals surface area contributed by atoms with Crippen LogP contribution in [0.4, 0.5) is 5.82 Å². The smallest absolute Gasteiger partial charge is 0.219 e. The summed E-state index contributed by atoms with van der Waals surface area (Å²) in [6.45, 7) is 5.19. The van der Waals surface area contributed by atoms with Gasteiger partial charge in [0.2, 0.25) is 5.91 Å². The summed E-state index contributed by atoms with van der Waals surface area (Å²) >= 11 is 0. The van der Waals surface area contributed by atoms with Gasteiger partial charge in [-0.05, 0) is 19.8 Å². The van der Waals surface area contributed by atoms with Crippen molar-refractivity contribution in [2.24, 2.45) is 0 Å². The van der Waals surface area contributed by atoms with E-state index in [4.69, 9.17) is 0 Å². The Morgan fingerprint density at radius 1 is 1.29 bits per heavy atom. The average molecular weight is 284 g/mol. The van der Waals surface area contributed by atoms with Gasteiger partial charge in [-0.2, -0.15) is 5.10 Å². The molecule has 0 radical (unpaired) electrons. The highest BCUT2D eigenvalue weighted by Crippen LogP contribution is 2.24. The number of nitrogens with zero attached hydrogens (tertiary/aromatic N) is 3. The summed E-state index contributed by atoms with van der Waals surface area (Å²) in [5, 5.41) is 14.2. The zero-order chi connectivity index (χ0) is 14.8. The minimum absolute atomic E-state index is 0.140. The first-order chi connectivity index (χ1) is 10.1. The van der Waals surface area contributed by atoms with E-state index in [0.717, 1.165) is 48.2 Å². The Balaban J connectivity index is 1.85. The fraction of sp³-hybridized carbons (Fsp3) is 0.438. The van der Waals surface area contributed by atoms with Crippen LogP contribution in [0.1, 0.15) is 25.5 Å². The van der Waals surface area contributed by atoms with Crippen LogP contribution in [0, 0.1) is 6.92 Å². The van der Waals surface area contributed by atoms with Gasteiger partial charge in [0.05, 0.1) is 5.69 Å². The second kappa shape index (κ2) is 5.68. The van der Waals surface area contributed by atoms with Gasteiger partial charge in [0.25, 0.3) is 0 Å². The van der Waals surface area contributed by atoms with Crippen molar-refractivity contribution in [2.45, 2.75) is 32.7 Å². The maximum absolute atomic E-state index is 11.5. The number of anilines is 1. The second-order valence-corrected chi connectivity index (χ2v) is 5.63. The molecule has 2 heterocycles. The molecule has 0 aliphatic carbocycles. The van der Waals surface area contributed by atoms with Crippen LogP contribution in [-0.2, 0) is 4.79 Å². The lowest BCUT2D eigenvalue weighted by atomic mass is 10.0. The van der Waals surface area contributed by atoms with Gasteiger partial charge in [0, 0.05) is 36.8 Å². The Hall–Kier alpha value is -2.17. The third-order valence-electron chi connectivity index (χ3n) is 4.08. The quantitative estimate of drug-likeness (QED) is 0.919. The number of likely N-dealkylation sites (tertiary alicyclic amines) is 1. The maximum atomic E-state index is 11.5. The summed E-state index contributed by atoms with van der Waals surface area (Å²) in [7, 11) is 0. The Morgan fingerprint density at radius 3 is 2.81 bits per heavy atom. The molecule has 1 aromatic carbocycles. The predicted molar refractivity (Wildman–Crippen MR) is 83.2 cm³/mol. The number of rotatable bonds is 2. The van der Waals surface area contributed by atoms with Crippen LogP contribution in [-0.4, -0.2) is 40.1 Å². The molecule has 1 atom stereocenters. The van der Waals surface area contributed by atoms with Gasteiger partial charge in [-0.15, -0.1) is 5.10 Å². The molecule has 0 spiro atoms. The highest BCUT2D eigenvalue weighted by molar-refractivity contribution is 5.92. The van der Waals surface area contributed by atoms with Crippen molar-refractivity contribution in [3.63, 3.8) is 0 Å². The van der Waals surface area contributed by atoms with E-state index in [1.165, 1.54) is 0 Å². The second-order valence-electron chi connectivity index (χ2n) is 5.63. The van der Waals surface area contributed by atoms with Crippen molar-refractivity contribution in [1.29, 1.82) is 0 Å². The zero-order valence-electron chi connectivity index (χ0n) is 12.5. The monoisotopic (exact) mass is 284 g/mol. The molecule has 0 bridgehead atoms. The molecule has 3 rings (SSSR count). The van der Waals surface area contributed by atoms with Crippen LogP contribution in [0.5, 0.6) is 0 Å². The van der Waals surface area contributed by atoms with Gasteiger partial charge in [0.1, 0.15) is 0 Å². The number of aromatic nitrogens is 2. The third-order valence-corrected chi connectivity index (χ3v) is 4.08. The summed E-state index contributed by atoms with van der Waals surface area (Å²) in [6, 6.07) is 8.39. The number of carbonyl (C=O) groups is 1. The summed E-state index contributed by atoms with van der Waals surface area (Å²) in [4.78, 5) is 13.4. The van der Waals surface area contributed by atoms with E-state index < -0.39 is 0 Å². The van der Waals surface area contributed by atoms with Gasteiger partial charge in [-0.3, -0.25) is 4.79 Å². The van der Waals surface area contributed by atoms with Crippen LogP contribution in [0.25, 0.3) is 10.8 Å². The lowest BCUT2D eigenvalue weighted by molar-refractivity contribution is -0.129. The Labute approximate surface area is 124 Å². The van der Waals surface area contributed by atoms with Crippen molar-refractivity contribution < 1.29 is 4.79 Å². The van der Waals surface area contributed by atoms with Gasteiger partial charge in [-0.25, -0.2) is 0 Å². The maximum Gasteiger partial charge on any atom is 0.219 e. The zero-order valence-corrected chi connectivity index (χ0v) is 12.5. The number of aryl methyl sites for hydroxylation is 1. The minimum Gasteiger partial charge on any atom is -0.364 e. The van der Waals surface area contributed by atoms with E-state index in [0.29, 0.717) is 0 Å². The average Bonchev–Trinajstić information content (AvgIpc) is 2.51. The van der Waals surface area contributed by atoms with E-state index in [-0.39, 0.29) is 11.9 Å². The molecular weight excluding hydrogens is 264 g/mol. The number of hydrogen-bond donors (Lipinski definition) is 1. The molecule has 1 aliphatic rings. The van der Waals surface area contributed by atoms with Crippen LogP contribution in [0.15, 0.2) is 24.3 Å². The first-order valence-electron chi connectivity index (χ1n) is 7.39. The van der Waals surface area contributed by atoms with Crippen molar-refractivity contribution in [2.75, 3.05) is 18.4 Å². The van der Waals surface area contributed by atoms with Crippen molar-refractivity contribution in [3.05, 3.63) is 30.0 Å². The topological polar surface area (TPSA) is 58.1 Å². The van der Waals surface area contributed by atoms with Crippen LogP contribution in [0.2, 0.25) is 0 Å². The third kappa shape index (κ3) is 2.82. The highest BCUT2D eigenvalue weighted by atomic mass is 16.2. The van der Waals surface area contributed by atoms with Gasteiger partial charge in [-0.1, -0.05) is 24.3 Å². The molecule has 5 heteroatoms. The molecule has 1 aromatic heterocycles. The minimum atomic E-state index is 0.140. The number of nitrogens with one attached hydrogen (secondary N) is 1. The molecule has 1 fully saturated rings. The summed E-state index contributed by atoms with van der Waals surface area (Å²) in [6.07, 6.45) is 2.07. The van der Waals surface area contributed by atoms with Crippen LogP contribution < -0.4 is 5.32 Å². The summed E-state index contributed by atoms with van der Waals surface area (Å²) in [5.41, 5.74) is 0.935. The van der Waals surface area contributed by atoms with E-state index in [1.54, 1.807) is 6.92 Å². The van der Waals surface area contributed by atoms with Gasteiger partial charge >= 0.3 is 0 Å². The molecule has 21 heavy (non-hydrogen) atoms. The first kappa shape index (κ1) is 13.8. The SMILES string of the molecule is CC(=O)N1CCC[C@@H](Nc2nnc(C)c3ccccc23)C1. The van der Waals surface area contributed by atoms with Gasteiger partial charge < -0.3 is 10.2 Å². The van der Waals surface area contributed by atoms with Crippen molar-refractivity contribution in [3.8, 4) is 0 Å². The molecular formula is C16H20N4O. The lowest BCUT2D eigenvalue weighted by Crippen LogP contribution is -2.44. The number of amides is 1. The van der Waals surface area contributed by atoms with E-state index in [1.807, 2.05) is 24.0 Å². The highest BCUT2D eigenvalue weighted by Gasteiger charge is 2.22. The van der Waals surface area contributed by atoms with Crippen LogP contribution in [0.3, 0.4) is 0 Å². The van der Waals surface area contributed by atoms with E-state index >= 15 is 0 Å². The van der Waals surface area contributed by atoms with Gasteiger partial charge in [0.15, 0.2) is 5.82 Å². The largest absolute Gasteiger partial charge is 0.364 e. The summed E-state index contributed by atoms with van der Waals surface area (Å²) in [5.74, 6) is 0.952. The van der Waals surface area contributed by atoms with Crippen molar-refractivity contribution in [1.82, 2.24) is 15.1 Å². The fourth-order valence-electron chi connectivity index (χ4n) is 2.92. The molecule has 110 valence electrons. The Bertz CT molecular complexity index is 670. The predicted octanol–water partition coefficient (Wildman–Crippen LogP) is 2.36. The molecule has 1 aliphatic heterocycles. The standard InChI is InChI=1S/C16H20N4O/c1-11-14-7-3-4-8-15(14)16(19-18-11)17-13-6-5-9-20(10-13)12(2)21/h3-4,7-8,13H,5-6,9-10H2,1-2H3,(H,17,19)/t13-/m1/s1.